The number of rotatable bonds is 1. The third-order valence-corrected chi connectivity index (χ3v) is 2.95. The van der Waals surface area contributed by atoms with Crippen LogP contribution in [-0.2, 0) is 9.47 Å². The van der Waals surface area contributed by atoms with Gasteiger partial charge in [-0.2, -0.15) is 0 Å². The number of fused-ring (bicyclic) bond motifs is 1. The van der Waals surface area contributed by atoms with E-state index in [-0.39, 0.29) is 12.7 Å². The van der Waals surface area contributed by atoms with Gasteiger partial charge in [-0.1, -0.05) is 12.1 Å². The van der Waals surface area contributed by atoms with E-state index in [2.05, 4.69) is 0 Å². The summed E-state index contributed by atoms with van der Waals surface area (Å²) < 4.78 is 22.4. The van der Waals surface area contributed by atoms with Gasteiger partial charge in [0, 0.05) is 19.4 Å². The molecule has 1 aliphatic heterocycles. The Morgan fingerprint density at radius 2 is 1.60 bits per heavy atom. The van der Waals surface area contributed by atoms with Crippen molar-refractivity contribution in [1.82, 2.24) is 0 Å². The molecule has 0 fully saturated rings. The van der Waals surface area contributed by atoms with Crippen molar-refractivity contribution in [2.75, 3.05) is 39.6 Å². The van der Waals surface area contributed by atoms with Crippen LogP contribution in [0.5, 0.6) is 11.5 Å². The van der Waals surface area contributed by atoms with Crippen LogP contribution < -0.4 is 9.47 Å². The monoisotopic (exact) mass is 282 g/mol. The molecule has 1 N–H and O–H groups in total. The van der Waals surface area contributed by atoms with E-state index in [4.69, 9.17) is 24.1 Å². The third-order valence-electron chi connectivity index (χ3n) is 2.95. The fraction of sp³-hybridized carbons (Fsp3) is 0.600. The lowest BCUT2D eigenvalue weighted by Crippen LogP contribution is -2.25. The average Bonchev–Trinajstić information content (AvgIpc) is 2.49. The van der Waals surface area contributed by atoms with E-state index >= 15 is 0 Å². The molecule has 0 spiro atoms. The number of aliphatic hydroxyl groups is 1. The molecule has 112 valence electrons. The zero-order valence-corrected chi connectivity index (χ0v) is 11.6. The summed E-state index contributed by atoms with van der Waals surface area (Å²) in [6, 6.07) is 7.65. The Morgan fingerprint density at radius 3 is 2.25 bits per heavy atom. The van der Waals surface area contributed by atoms with Crippen molar-refractivity contribution in [3.8, 4) is 11.5 Å². The molecule has 0 saturated heterocycles. The second-order valence-corrected chi connectivity index (χ2v) is 4.60. The molecule has 0 aliphatic carbocycles. The summed E-state index contributed by atoms with van der Waals surface area (Å²) in [5.41, 5.74) is 0. The minimum Gasteiger partial charge on any atom is -0.490 e. The summed E-state index contributed by atoms with van der Waals surface area (Å²) in [7, 11) is 0. The van der Waals surface area contributed by atoms with E-state index < -0.39 is 0 Å². The summed E-state index contributed by atoms with van der Waals surface area (Å²) in [5, 5.41) is 9.17. The molecule has 1 heterocycles. The lowest BCUT2D eigenvalue weighted by molar-refractivity contribution is -0.0464. The topological polar surface area (TPSA) is 57.2 Å². The molecule has 5 nitrogen and oxygen atoms in total. The lowest BCUT2D eigenvalue weighted by Gasteiger charge is -2.17. The van der Waals surface area contributed by atoms with Gasteiger partial charge in [0.15, 0.2) is 11.5 Å². The molecule has 0 radical (unpaired) electrons. The van der Waals surface area contributed by atoms with Crippen LogP contribution in [0.2, 0.25) is 0 Å². The van der Waals surface area contributed by atoms with Gasteiger partial charge >= 0.3 is 0 Å². The van der Waals surface area contributed by atoms with Crippen LogP contribution >= 0.6 is 0 Å². The summed E-state index contributed by atoms with van der Waals surface area (Å²) >= 11 is 0. The van der Waals surface area contributed by atoms with Gasteiger partial charge in [-0.15, -0.1) is 0 Å². The Morgan fingerprint density at radius 1 is 0.950 bits per heavy atom. The first-order valence-corrected chi connectivity index (χ1v) is 7.05. The largest absolute Gasteiger partial charge is 0.490 e. The van der Waals surface area contributed by atoms with Crippen LogP contribution in [0.25, 0.3) is 0 Å². The third kappa shape index (κ3) is 5.00. The van der Waals surface area contributed by atoms with Gasteiger partial charge in [0.25, 0.3) is 0 Å². The second-order valence-electron chi connectivity index (χ2n) is 4.60. The zero-order valence-electron chi connectivity index (χ0n) is 11.6. The number of ether oxygens (including phenoxy) is 4. The maximum absolute atomic E-state index is 9.17. The van der Waals surface area contributed by atoms with E-state index in [0.29, 0.717) is 33.0 Å². The highest BCUT2D eigenvalue weighted by Gasteiger charge is 2.09. The molecule has 0 amide bonds. The highest BCUT2D eigenvalue weighted by Crippen LogP contribution is 2.26. The van der Waals surface area contributed by atoms with Crippen LogP contribution in [0.15, 0.2) is 24.3 Å². The number of hydrogen-bond donors (Lipinski definition) is 1. The van der Waals surface area contributed by atoms with Crippen LogP contribution in [0.1, 0.15) is 12.8 Å². The van der Waals surface area contributed by atoms with Crippen LogP contribution in [0, 0.1) is 0 Å². The van der Waals surface area contributed by atoms with Gasteiger partial charge in [-0.25, -0.2) is 0 Å². The maximum Gasteiger partial charge on any atom is 0.161 e. The molecule has 5 heteroatoms. The maximum atomic E-state index is 9.17. The quantitative estimate of drug-likeness (QED) is 0.848. The standard InChI is InChI=1S/C15H22O5/c16-11-13-12-17-7-3-9-19-14-5-1-2-6-15(14)20-10-4-8-18-13/h1-2,5-6,13,16H,3-4,7-12H2. The molecule has 2 rings (SSSR count). The highest BCUT2D eigenvalue weighted by molar-refractivity contribution is 5.39. The van der Waals surface area contributed by atoms with Gasteiger partial charge in [0.1, 0.15) is 6.10 Å². The lowest BCUT2D eigenvalue weighted by atomic mass is 10.3. The van der Waals surface area contributed by atoms with Crippen molar-refractivity contribution in [3.63, 3.8) is 0 Å². The number of aliphatic hydroxyl groups excluding tert-OH is 1. The molecule has 1 atom stereocenters. The van der Waals surface area contributed by atoms with Gasteiger partial charge in [0.05, 0.1) is 33.0 Å². The molecule has 0 aromatic heterocycles. The van der Waals surface area contributed by atoms with Gasteiger partial charge in [0.2, 0.25) is 0 Å². The minimum atomic E-state index is -0.258. The van der Waals surface area contributed by atoms with Crippen LogP contribution in [-0.4, -0.2) is 50.9 Å². The van der Waals surface area contributed by atoms with E-state index in [9.17, 15) is 0 Å². The Bertz CT molecular complexity index is 382. The predicted octanol–water partition coefficient (Wildman–Crippen LogP) is 1.63. The highest BCUT2D eigenvalue weighted by atomic mass is 16.5. The zero-order chi connectivity index (χ0) is 14.0. The molecule has 0 saturated carbocycles. The Kier molecular flexibility index (Phi) is 6.63. The van der Waals surface area contributed by atoms with E-state index in [1.165, 1.54) is 0 Å². The van der Waals surface area contributed by atoms with Gasteiger partial charge in [-0.3, -0.25) is 0 Å². The predicted molar refractivity (Wildman–Crippen MR) is 74.3 cm³/mol. The molecule has 1 aromatic carbocycles. The normalized spacial score (nSPS) is 21.9. The second kappa shape index (κ2) is 8.79. The molecule has 20 heavy (non-hydrogen) atoms. The minimum absolute atomic E-state index is 0.0276. The van der Waals surface area contributed by atoms with Crippen molar-refractivity contribution in [1.29, 1.82) is 0 Å². The first-order valence-electron chi connectivity index (χ1n) is 7.05. The Hall–Kier alpha value is -1.30. The van der Waals surface area contributed by atoms with E-state index in [0.717, 1.165) is 24.3 Å². The summed E-state index contributed by atoms with van der Waals surface area (Å²) in [6.07, 6.45) is 1.28. The fourth-order valence-corrected chi connectivity index (χ4v) is 1.89. The van der Waals surface area contributed by atoms with Crippen LogP contribution in [0.3, 0.4) is 0 Å². The summed E-state index contributed by atoms with van der Waals surface area (Å²) in [5.74, 6) is 1.52. The van der Waals surface area contributed by atoms with Crippen molar-refractivity contribution >= 4 is 0 Å². The summed E-state index contributed by atoms with van der Waals surface area (Å²) in [4.78, 5) is 0. The van der Waals surface area contributed by atoms with Crippen molar-refractivity contribution < 1.29 is 24.1 Å². The average molecular weight is 282 g/mol. The molecular weight excluding hydrogens is 260 g/mol. The smallest absolute Gasteiger partial charge is 0.161 e. The first kappa shape index (κ1) is 15.1. The van der Waals surface area contributed by atoms with Crippen molar-refractivity contribution in [3.05, 3.63) is 24.3 Å². The van der Waals surface area contributed by atoms with Crippen molar-refractivity contribution in [2.45, 2.75) is 18.9 Å². The van der Waals surface area contributed by atoms with Gasteiger partial charge in [-0.05, 0) is 12.1 Å². The van der Waals surface area contributed by atoms with Crippen LogP contribution in [0.4, 0.5) is 0 Å². The number of para-hydroxylation sites is 2. The Labute approximate surface area is 119 Å². The molecule has 1 aliphatic rings. The number of hydrogen-bond acceptors (Lipinski definition) is 5. The summed E-state index contributed by atoms with van der Waals surface area (Å²) in [6.45, 7) is 2.64. The first-order chi connectivity index (χ1) is 9.90. The fourth-order valence-electron chi connectivity index (χ4n) is 1.89. The molecule has 1 aromatic rings. The SMILES string of the molecule is OCC1COCCCOc2ccccc2OCCCO1. The Balaban J connectivity index is 1.90. The van der Waals surface area contributed by atoms with Crippen molar-refractivity contribution in [2.24, 2.45) is 0 Å². The molecular formula is C15H22O5. The molecule has 1 unspecified atom stereocenters. The number of benzene rings is 1. The van der Waals surface area contributed by atoms with E-state index in [1.54, 1.807) is 0 Å². The van der Waals surface area contributed by atoms with E-state index in [1.807, 2.05) is 24.3 Å². The molecule has 0 bridgehead atoms. The van der Waals surface area contributed by atoms with Gasteiger partial charge < -0.3 is 24.1 Å².